The fourth-order valence-electron chi connectivity index (χ4n) is 1.79. The van der Waals surface area contributed by atoms with Gasteiger partial charge in [-0.25, -0.2) is 10.2 Å². The summed E-state index contributed by atoms with van der Waals surface area (Å²) in [6.45, 7) is 2.83. The minimum absolute atomic E-state index is 0.0401. The molecule has 0 atom stereocenters. The molecule has 0 unspecified atom stereocenters. The molecule has 1 rings (SSSR count). The fraction of sp³-hybridized carbons (Fsp3) is 0.438. The van der Waals surface area contributed by atoms with Crippen molar-refractivity contribution in [1.82, 2.24) is 16.2 Å². The second-order valence-corrected chi connectivity index (χ2v) is 5.37. The van der Waals surface area contributed by atoms with Gasteiger partial charge in [-0.1, -0.05) is 26.2 Å². The summed E-state index contributed by atoms with van der Waals surface area (Å²) in [5.41, 5.74) is 4.92. The van der Waals surface area contributed by atoms with Crippen molar-refractivity contribution in [3.05, 3.63) is 29.8 Å². The zero-order valence-electron chi connectivity index (χ0n) is 13.9. The molecule has 0 aliphatic carbocycles. The first kappa shape index (κ1) is 19.7. The van der Waals surface area contributed by atoms with Gasteiger partial charge in [0.1, 0.15) is 5.75 Å². The van der Waals surface area contributed by atoms with Crippen molar-refractivity contribution in [3.63, 3.8) is 0 Å². The lowest BCUT2D eigenvalue weighted by Crippen LogP contribution is -2.48. The molecule has 1 aromatic rings. The lowest BCUT2D eigenvalue weighted by molar-refractivity contribution is 0.0975. The number of hydrogen-bond donors (Lipinski definition) is 3. The number of methoxy groups -OCH3 is 1. The highest BCUT2D eigenvalue weighted by atomic mass is 32.1. The van der Waals surface area contributed by atoms with E-state index in [-0.39, 0.29) is 5.11 Å². The van der Waals surface area contributed by atoms with Crippen molar-refractivity contribution in [2.24, 2.45) is 0 Å². The number of nitrogens with one attached hydrogen (secondary N) is 3. The topological polar surface area (TPSA) is 88.7 Å². The Morgan fingerprint density at radius 2 is 1.79 bits per heavy atom. The maximum absolute atomic E-state index is 12.0. The summed E-state index contributed by atoms with van der Waals surface area (Å²) in [5.74, 6) is 0.324. The molecule has 0 saturated carbocycles. The van der Waals surface area contributed by atoms with Gasteiger partial charge in [-0.05, 0) is 42.9 Å². The summed E-state index contributed by atoms with van der Waals surface area (Å²) >= 11 is 4.88. The van der Waals surface area contributed by atoms with E-state index in [1.807, 2.05) is 0 Å². The summed E-state index contributed by atoms with van der Waals surface area (Å²) in [5, 5.41) is 2.39. The average Bonchev–Trinajstić information content (AvgIpc) is 2.60. The first-order valence-corrected chi connectivity index (χ1v) is 8.15. The lowest BCUT2D eigenvalue weighted by Gasteiger charge is -2.10. The van der Waals surface area contributed by atoms with Gasteiger partial charge in [0, 0.05) is 5.56 Å². The van der Waals surface area contributed by atoms with Crippen molar-refractivity contribution in [2.75, 3.05) is 13.7 Å². The van der Waals surface area contributed by atoms with E-state index < -0.39 is 12.0 Å². The average molecular weight is 353 g/mol. The Hall–Kier alpha value is -2.35. The Bertz CT molecular complexity index is 549. The number of ether oxygens (including phenoxy) is 2. The largest absolute Gasteiger partial charge is 0.494 e. The molecule has 7 nitrogen and oxygen atoms in total. The van der Waals surface area contributed by atoms with Crippen LogP contribution in [-0.2, 0) is 4.74 Å². The molecule has 132 valence electrons. The van der Waals surface area contributed by atoms with E-state index in [4.69, 9.17) is 17.0 Å². The minimum Gasteiger partial charge on any atom is -0.494 e. The van der Waals surface area contributed by atoms with Gasteiger partial charge in [-0.3, -0.25) is 15.5 Å². The van der Waals surface area contributed by atoms with Gasteiger partial charge in [-0.15, -0.1) is 0 Å². The summed E-state index contributed by atoms with van der Waals surface area (Å²) in [6, 6.07) is 6.76. The third-order valence-corrected chi connectivity index (χ3v) is 3.28. The molecule has 3 N–H and O–H groups in total. The minimum atomic E-state index is -0.716. The second-order valence-electron chi connectivity index (χ2n) is 4.96. The van der Waals surface area contributed by atoms with Crippen LogP contribution in [0.2, 0.25) is 0 Å². The van der Waals surface area contributed by atoms with E-state index in [1.165, 1.54) is 20.0 Å². The van der Waals surface area contributed by atoms with E-state index in [1.54, 1.807) is 24.3 Å². The van der Waals surface area contributed by atoms with E-state index >= 15 is 0 Å². The molecular weight excluding hydrogens is 330 g/mol. The van der Waals surface area contributed by atoms with Gasteiger partial charge < -0.3 is 9.47 Å². The smallest absolute Gasteiger partial charge is 0.425 e. The van der Waals surface area contributed by atoms with Crippen molar-refractivity contribution in [2.45, 2.75) is 32.6 Å². The maximum atomic E-state index is 12.0. The lowest BCUT2D eigenvalue weighted by atomic mass is 10.2. The molecule has 0 radical (unpaired) electrons. The molecule has 24 heavy (non-hydrogen) atoms. The quantitative estimate of drug-likeness (QED) is 0.397. The zero-order chi connectivity index (χ0) is 17.8. The number of hydrogen-bond acceptors (Lipinski definition) is 5. The van der Waals surface area contributed by atoms with Crippen molar-refractivity contribution < 1.29 is 19.1 Å². The maximum Gasteiger partial charge on any atom is 0.425 e. The summed E-state index contributed by atoms with van der Waals surface area (Å²) in [6.07, 6.45) is 3.85. The van der Waals surface area contributed by atoms with Crippen LogP contribution in [0.25, 0.3) is 0 Å². The van der Waals surface area contributed by atoms with Gasteiger partial charge in [0.2, 0.25) is 0 Å². The van der Waals surface area contributed by atoms with Crippen LogP contribution < -0.4 is 20.9 Å². The molecule has 2 amide bonds. The summed E-state index contributed by atoms with van der Waals surface area (Å²) in [7, 11) is 1.21. The molecule has 0 aliphatic heterocycles. The van der Waals surface area contributed by atoms with Gasteiger partial charge in [0.25, 0.3) is 5.91 Å². The number of benzene rings is 1. The highest BCUT2D eigenvalue weighted by Gasteiger charge is 2.08. The Kier molecular flexibility index (Phi) is 9.21. The van der Waals surface area contributed by atoms with E-state index in [0.717, 1.165) is 18.6 Å². The normalized spacial score (nSPS) is 9.75. The Morgan fingerprint density at radius 3 is 2.42 bits per heavy atom. The number of amides is 2. The first-order valence-electron chi connectivity index (χ1n) is 7.75. The van der Waals surface area contributed by atoms with Crippen LogP contribution >= 0.6 is 12.2 Å². The number of thiocarbonyl (C=S) groups is 1. The molecule has 0 aliphatic rings. The molecule has 0 spiro atoms. The standard InChI is InChI=1S/C16H23N3O4S/c1-3-4-5-6-11-23-13-9-7-12(8-10-13)14(20)17-15(24)18-19-16(21)22-2/h7-10H,3-6,11H2,1-2H3,(H,19,21)(H2,17,18,20,24). The molecule has 0 heterocycles. The van der Waals surface area contributed by atoms with Crippen molar-refractivity contribution in [3.8, 4) is 5.75 Å². The van der Waals surface area contributed by atoms with Crippen molar-refractivity contribution in [1.29, 1.82) is 0 Å². The van der Waals surface area contributed by atoms with Crippen LogP contribution in [0.15, 0.2) is 24.3 Å². The second kappa shape index (κ2) is 11.2. The number of rotatable bonds is 7. The highest BCUT2D eigenvalue weighted by Crippen LogP contribution is 2.13. The number of carbonyl (C=O) groups excluding carboxylic acids is 2. The summed E-state index contributed by atoms with van der Waals surface area (Å²) < 4.78 is 9.97. The predicted octanol–water partition coefficient (Wildman–Crippen LogP) is 2.52. The molecule has 8 heteroatoms. The first-order chi connectivity index (χ1) is 11.6. The van der Waals surface area contributed by atoms with Gasteiger partial charge >= 0.3 is 6.09 Å². The third kappa shape index (κ3) is 7.77. The van der Waals surface area contributed by atoms with Crippen LogP contribution in [0.5, 0.6) is 5.75 Å². The molecule has 0 aromatic heterocycles. The van der Waals surface area contributed by atoms with Gasteiger partial charge in [0.05, 0.1) is 13.7 Å². The van der Waals surface area contributed by atoms with Crippen LogP contribution in [-0.4, -0.2) is 30.8 Å². The highest BCUT2D eigenvalue weighted by molar-refractivity contribution is 7.80. The molecule has 0 bridgehead atoms. The van der Waals surface area contributed by atoms with Crippen LogP contribution in [0, 0.1) is 0 Å². The van der Waals surface area contributed by atoms with E-state index in [0.29, 0.717) is 12.2 Å². The molecule has 0 saturated heterocycles. The van der Waals surface area contributed by atoms with Gasteiger partial charge in [0.15, 0.2) is 5.11 Å². The van der Waals surface area contributed by atoms with Crippen LogP contribution in [0.4, 0.5) is 4.79 Å². The Labute approximate surface area is 147 Å². The third-order valence-electron chi connectivity index (χ3n) is 3.07. The number of carbonyl (C=O) groups is 2. The fourth-order valence-corrected chi connectivity index (χ4v) is 1.93. The SMILES string of the molecule is CCCCCCOc1ccc(C(=O)NC(=S)NNC(=O)OC)cc1. The summed E-state index contributed by atoms with van der Waals surface area (Å²) in [4.78, 5) is 22.9. The zero-order valence-corrected chi connectivity index (χ0v) is 14.7. The van der Waals surface area contributed by atoms with Crippen LogP contribution in [0.3, 0.4) is 0 Å². The number of unbranched alkanes of at least 4 members (excludes halogenated alkanes) is 3. The molecule has 1 aromatic carbocycles. The molecule has 0 fully saturated rings. The van der Waals surface area contributed by atoms with E-state index in [2.05, 4.69) is 27.8 Å². The molecular formula is C16H23N3O4S. The Morgan fingerprint density at radius 1 is 1.08 bits per heavy atom. The van der Waals surface area contributed by atoms with Crippen molar-refractivity contribution >= 4 is 29.3 Å². The monoisotopic (exact) mass is 353 g/mol. The van der Waals surface area contributed by atoms with Gasteiger partial charge in [-0.2, -0.15) is 0 Å². The predicted molar refractivity (Wildman–Crippen MR) is 94.8 cm³/mol. The number of hydrazine groups is 1. The van der Waals surface area contributed by atoms with Crippen LogP contribution in [0.1, 0.15) is 43.0 Å². The van der Waals surface area contributed by atoms with E-state index in [9.17, 15) is 9.59 Å². The Balaban J connectivity index is 2.37.